The molecule has 2 aliphatic carbocycles. The van der Waals surface area contributed by atoms with Crippen molar-refractivity contribution in [2.45, 2.75) is 38.7 Å². The fraction of sp³-hybridized carbons (Fsp3) is 0.588. The van der Waals surface area contributed by atoms with E-state index < -0.39 is 5.60 Å². The van der Waals surface area contributed by atoms with Gasteiger partial charge in [-0.1, -0.05) is 37.6 Å². The maximum Gasteiger partial charge on any atom is 0.257 e. The molecule has 3 aliphatic rings. The largest absolute Gasteiger partial charge is 0.364 e. The van der Waals surface area contributed by atoms with Crippen molar-refractivity contribution in [3.63, 3.8) is 0 Å². The maximum atomic E-state index is 13.0. The summed E-state index contributed by atoms with van der Waals surface area (Å²) in [5.41, 5.74) is 0.0760. The SMILES string of the molecule is C[C@@]12CC[C@@H]3C[C@@]1(C(=O)Nc1ccccc1Cl)OC[C@@]32C. The number of carbonyl (C=O) groups excluding carboxylic acids is 1. The van der Waals surface area contributed by atoms with Gasteiger partial charge in [0.2, 0.25) is 0 Å². The number of ether oxygens (including phenoxy) is 1. The molecule has 4 heteroatoms. The average molecular weight is 306 g/mol. The Bertz CT molecular complexity index is 633. The Morgan fingerprint density at radius 3 is 2.81 bits per heavy atom. The number of hydrogen-bond acceptors (Lipinski definition) is 2. The van der Waals surface area contributed by atoms with Crippen LogP contribution in [0.5, 0.6) is 0 Å². The van der Waals surface area contributed by atoms with E-state index in [1.807, 2.05) is 18.2 Å². The number of para-hydroxylation sites is 1. The third-order valence-electron chi connectivity index (χ3n) is 6.69. The summed E-state index contributed by atoms with van der Waals surface area (Å²) >= 11 is 6.16. The Hall–Kier alpha value is -1.06. The van der Waals surface area contributed by atoms with Crippen LogP contribution in [-0.4, -0.2) is 18.1 Å². The molecule has 1 aliphatic heterocycles. The van der Waals surface area contributed by atoms with Crippen LogP contribution in [0.2, 0.25) is 5.02 Å². The molecule has 112 valence electrons. The van der Waals surface area contributed by atoms with Crippen LogP contribution in [0, 0.1) is 16.7 Å². The van der Waals surface area contributed by atoms with Gasteiger partial charge in [0.1, 0.15) is 0 Å². The van der Waals surface area contributed by atoms with Crippen molar-refractivity contribution in [1.82, 2.24) is 0 Å². The summed E-state index contributed by atoms with van der Waals surface area (Å²) in [6, 6.07) is 7.36. The minimum Gasteiger partial charge on any atom is -0.364 e. The predicted octanol–water partition coefficient (Wildman–Crippen LogP) is 3.87. The molecule has 3 nitrogen and oxygen atoms in total. The van der Waals surface area contributed by atoms with Gasteiger partial charge in [0.25, 0.3) is 5.91 Å². The summed E-state index contributed by atoms with van der Waals surface area (Å²) < 4.78 is 6.10. The highest BCUT2D eigenvalue weighted by Crippen LogP contribution is 2.75. The van der Waals surface area contributed by atoms with E-state index in [-0.39, 0.29) is 16.7 Å². The van der Waals surface area contributed by atoms with E-state index in [9.17, 15) is 4.79 Å². The van der Waals surface area contributed by atoms with Gasteiger partial charge in [-0.2, -0.15) is 0 Å². The highest BCUT2D eigenvalue weighted by atomic mass is 35.5. The fourth-order valence-electron chi connectivity index (χ4n) is 5.04. The van der Waals surface area contributed by atoms with Gasteiger partial charge in [-0.15, -0.1) is 0 Å². The molecule has 1 aromatic carbocycles. The Balaban J connectivity index is 1.68. The van der Waals surface area contributed by atoms with Gasteiger partial charge < -0.3 is 10.1 Å². The second-order valence-corrected chi connectivity index (χ2v) is 7.65. The summed E-state index contributed by atoms with van der Waals surface area (Å²) in [4.78, 5) is 13.0. The van der Waals surface area contributed by atoms with E-state index in [0.29, 0.717) is 23.2 Å². The predicted molar refractivity (Wildman–Crippen MR) is 82.3 cm³/mol. The van der Waals surface area contributed by atoms with Gasteiger partial charge in [0.15, 0.2) is 5.60 Å². The van der Waals surface area contributed by atoms with Gasteiger partial charge in [-0.3, -0.25) is 4.79 Å². The number of amides is 1. The molecule has 1 heterocycles. The summed E-state index contributed by atoms with van der Waals surface area (Å²) in [6.07, 6.45) is 3.14. The first-order valence-corrected chi connectivity index (χ1v) is 8.01. The fourth-order valence-corrected chi connectivity index (χ4v) is 5.23. The van der Waals surface area contributed by atoms with Crippen LogP contribution in [0.4, 0.5) is 5.69 Å². The van der Waals surface area contributed by atoms with Crippen LogP contribution in [0.25, 0.3) is 0 Å². The quantitative estimate of drug-likeness (QED) is 0.900. The highest BCUT2D eigenvalue weighted by molar-refractivity contribution is 6.33. The number of halogens is 1. The Labute approximate surface area is 130 Å². The lowest BCUT2D eigenvalue weighted by molar-refractivity contribution is -0.149. The monoisotopic (exact) mass is 305 g/mol. The number of carbonyl (C=O) groups is 1. The van der Waals surface area contributed by atoms with E-state index in [4.69, 9.17) is 16.3 Å². The van der Waals surface area contributed by atoms with Crippen molar-refractivity contribution >= 4 is 23.2 Å². The van der Waals surface area contributed by atoms with E-state index in [2.05, 4.69) is 19.2 Å². The van der Waals surface area contributed by atoms with Crippen LogP contribution in [-0.2, 0) is 9.53 Å². The molecule has 0 radical (unpaired) electrons. The van der Waals surface area contributed by atoms with Crippen LogP contribution >= 0.6 is 11.6 Å². The first-order chi connectivity index (χ1) is 9.93. The second-order valence-electron chi connectivity index (χ2n) is 7.24. The van der Waals surface area contributed by atoms with Gasteiger partial charge in [-0.25, -0.2) is 0 Å². The van der Waals surface area contributed by atoms with Crippen molar-refractivity contribution in [3.8, 4) is 0 Å². The molecule has 3 fully saturated rings. The van der Waals surface area contributed by atoms with E-state index in [1.54, 1.807) is 6.07 Å². The maximum absolute atomic E-state index is 13.0. The zero-order valence-electron chi connectivity index (χ0n) is 12.4. The lowest BCUT2D eigenvalue weighted by Crippen LogP contribution is -2.52. The molecule has 4 atom stereocenters. The molecular formula is C17H20ClNO2. The number of nitrogens with one attached hydrogen (secondary N) is 1. The molecule has 4 bridgehead atoms. The summed E-state index contributed by atoms with van der Waals surface area (Å²) in [6.45, 7) is 5.23. The third-order valence-corrected chi connectivity index (χ3v) is 7.02. The number of benzene rings is 1. The third kappa shape index (κ3) is 1.42. The summed E-state index contributed by atoms with van der Waals surface area (Å²) in [7, 11) is 0. The van der Waals surface area contributed by atoms with Crippen LogP contribution in [0.3, 0.4) is 0 Å². The molecule has 0 spiro atoms. The minimum absolute atomic E-state index is 0.0241. The standard InChI is InChI=1S/C17H20ClNO2/c1-15-10-21-17(9-11(15)7-8-16(15,17)2)14(20)19-13-6-4-3-5-12(13)18/h3-6,11H,7-10H2,1-2H3,(H,19,20)/t11-,15+,16+,17+/m1/s1. The first kappa shape index (κ1) is 13.6. The smallest absolute Gasteiger partial charge is 0.257 e. The molecule has 0 aromatic heterocycles. The first-order valence-electron chi connectivity index (χ1n) is 7.63. The lowest BCUT2D eigenvalue weighted by atomic mass is 9.66. The van der Waals surface area contributed by atoms with Crippen LogP contribution in [0.15, 0.2) is 24.3 Å². The topological polar surface area (TPSA) is 38.3 Å². The van der Waals surface area contributed by atoms with Gasteiger partial charge in [0, 0.05) is 10.8 Å². The van der Waals surface area contributed by atoms with Crippen molar-refractivity contribution in [2.24, 2.45) is 16.7 Å². The van der Waals surface area contributed by atoms with E-state index in [0.717, 1.165) is 12.8 Å². The molecule has 1 saturated heterocycles. The minimum atomic E-state index is -0.677. The van der Waals surface area contributed by atoms with Crippen LogP contribution < -0.4 is 5.32 Å². The van der Waals surface area contributed by atoms with Crippen molar-refractivity contribution in [1.29, 1.82) is 0 Å². The van der Waals surface area contributed by atoms with Gasteiger partial charge in [0.05, 0.1) is 17.3 Å². The molecule has 21 heavy (non-hydrogen) atoms. The molecule has 1 aromatic rings. The number of rotatable bonds is 2. The number of anilines is 1. The average Bonchev–Trinajstić information content (AvgIpc) is 2.93. The van der Waals surface area contributed by atoms with Gasteiger partial charge >= 0.3 is 0 Å². The Kier molecular flexibility index (Phi) is 2.60. The Morgan fingerprint density at radius 2 is 2.14 bits per heavy atom. The van der Waals surface area contributed by atoms with E-state index in [1.165, 1.54) is 6.42 Å². The molecule has 1 N–H and O–H groups in total. The van der Waals surface area contributed by atoms with Crippen molar-refractivity contribution < 1.29 is 9.53 Å². The summed E-state index contributed by atoms with van der Waals surface area (Å²) in [5, 5.41) is 3.57. The lowest BCUT2D eigenvalue weighted by Gasteiger charge is -2.40. The summed E-state index contributed by atoms with van der Waals surface area (Å²) in [5.74, 6) is 0.581. The second kappa shape index (κ2) is 4.02. The number of hydrogen-bond donors (Lipinski definition) is 1. The Morgan fingerprint density at radius 1 is 1.38 bits per heavy atom. The zero-order valence-corrected chi connectivity index (χ0v) is 13.2. The molecule has 0 unspecified atom stereocenters. The van der Waals surface area contributed by atoms with Crippen molar-refractivity contribution in [2.75, 3.05) is 11.9 Å². The normalized spacial score (nSPS) is 43.3. The molecule has 1 amide bonds. The molecule has 4 rings (SSSR count). The van der Waals surface area contributed by atoms with Crippen molar-refractivity contribution in [3.05, 3.63) is 29.3 Å². The molecule has 2 saturated carbocycles. The zero-order chi connectivity index (χ0) is 14.9. The van der Waals surface area contributed by atoms with E-state index >= 15 is 0 Å². The van der Waals surface area contributed by atoms with Crippen LogP contribution in [0.1, 0.15) is 33.1 Å². The van der Waals surface area contributed by atoms with Gasteiger partial charge in [-0.05, 0) is 37.3 Å². The highest BCUT2D eigenvalue weighted by Gasteiger charge is 2.78. The molecular weight excluding hydrogens is 286 g/mol.